The number of benzene rings is 2. The molecule has 4 rings (SSSR count). The molecule has 150 valence electrons. The molecule has 0 unspecified atom stereocenters. The number of hydrogen-bond acceptors (Lipinski definition) is 3. The number of pyridine rings is 1. The van der Waals surface area contributed by atoms with E-state index in [-0.39, 0.29) is 0 Å². The number of H-pyrrole nitrogens is 1. The first-order valence-electron chi connectivity index (χ1n) is 10.5. The zero-order chi connectivity index (χ0) is 20.4. The number of aromatic amines is 1. The highest BCUT2D eigenvalue weighted by Crippen LogP contribution is 2.38. The number of fused-ring (bicyclic) bond motifs is 2. The van der Waals surface area contributed by atoms with Gasteiger partial charge in [0.25, 0.3) is 0 Å². The molecule has 2 aromatic heterocycles. The maximum absolute atomic E-state index is 5.86. The van der Waals surface area contributed by atoms with Crippen molar-refractivity contribution in [3.63, 3.8) is 0 Å². The first-order chi connectivity index (χ1) is 14.1. The van der Waals surface area contributed by atoms with Crippen molar-refractivity contribution in [2.24, 2.45) is 5.73 Å². The third-order valence-electron chi connectivity index (χ3n) is 5.47. The topological polar surface area (TPSA) is 63.9 Å². The Hall–Kier alpha value is -2.85. The molecule has 29 heavy (non-hydrogen) atoms. The molecule has 0 aliphatic rings. The van der Waals surface area contributed by atoms with Gasteiger partial charge < -0.3 is 15.5 Å². The fourth-order valence-electron chi connectivity index (χ4n) is 4.08. The second-order valence-corrected chi connectivity index (χ2v) is 7.67. The lowest BCUT2D eigenvalue weighted by Crippen LogP contribution is -2.00. The maximum Gasteiger partial charge on any atom is 0.145 e. The molecule has 0 amide bonds. The molecule has 0 bridgehead atoms. The second kappa shape index (κ2) is 8.26. The number of unbranched alkanes of at least 4 members (excludes halogenated alkanes) is 1. The van der Waals surface area contributed by atoms with Gasteiger partial charge in [-0.05, 0) is 82.5 Å². The third-order valence-corrected chi connectivity index (χ3v) is 5.47. The van der Waals surface area contributed by atoms with E-state index in [0.717, 1.165) is 48.2 Å². The molecule has 4 aromatic rings. The zero-order valence-corrected chi connectivity index (χ0v) is 17.5. The molecular weight excluding hydrogens is 358 g/mol. The smallest absolute Gasteiger partial charge is 0.145 e. The van der Waals surface area contributed by atoms with Crippen LogP contribution in [0.3, 0.4) is 0 Å². The van der Waals surface area contributed by atoms with Crippen LogP contribution in [-0.4, -0.2) is 23.1 Å². The average Bonchev–Trinajstić information content (AvgIpc) is 3.06. The lowest BCUT2D eigenvalue weighted by atomic mass is 9.97. The number of rotatable bonds is 7. The largest absolute Gasteiger partial charge is 0.492 e. The van der Waals surface area contributed by atoms with Gasteiger partial charge in [-0.2, -0.15) is 0 Å². The van der Waals surface area contributed by atoms with E-state index in [1.807, 2.05) is 19.9 Å². The van der Waals surface area contributed by atoms with Crippen LogP contribution in [0.25, 0.3) is 33.1 Å². The summed E-state index contributed by atoms with van der Waals surface area (Å²) in [7, 11) is 0. The molecule has 0 spiro atoms. The second-order valence-electron chi connectivity index (χ2n) is 7.67. The first kappa shape index (κ1) is 19.5. The SMILES string of the molecule is CCOc1ccc(-c2[nH]c3ccc(C)cc3c2CCCCN)c2ccc(C)nc12. The number of hydrogen-bond donors (Lipinski definition) is 2. The molecule has 2 heterocycles. The monoisotopic (exact) mass is 387 g/mol. The van der Waals surface area contributed by atoms with Crippen LogP contribution in [-0.2, 0) is 6.42 Å². The van der Waals surface area contributed by atoms with Crippen molar-refractivity contribution in [2.75, 3.05) is 13.2 Å². The molecule has 0 aliphatic carbocycles. The minimum Gasteiger partial charge on any atom is -0.492 e. The van der Waals surface area contributed by atoms with Gasteiger partial charge in [0, 0.05) is 27.5 Å². The lowest BCUT2D eigenvalue weighted by Gasteiger charge is -2.13. The van der Waals surface area contributed by atoms with E-state index in [1.54, 1.807) is 0 Å². The fourth-order valence-corrected chi connectivity index (χ4v) is 4.08. The van der Waals surface area contributed by atoms with Crippen LogP contribution in [0, 0.1) is 13.8 Å². The van der Waals surface area contributed by atoms with Gasteiger partial charge in [-0.3, -0.25) is 0 Å². The molecule has 2 aromatic carbocycles. The van der Waals surface area contributed by atoms with E-state index in [1.165, 1.54) is 33.3 Å². The standard InChI is InChI=1S/C25H29N3O/c1-4-29-23-13-11-19(20-10-9-17(3)27-25(20)23)24-18(7-5-6-14-26)21-15-16(2)8-12-22(21)28-24/h8-13,15,28H,4-7,14,26H2,1-3H3. The molecule has 0 radical (unpaired) electrons. The van der Waals surface area contributed by atoms with Crippen molar-refractivity contribution >= 4 is 21.8 Å². The number of nitrogens with two attached hydrogens (primary N) is 1. The van der Waals surface area contributed by atoms with Crippen LogP contribution >= 0.6 is 0 Å². The molecule has 4 heteroatoms. The minimum absolute atomic E-state index is 0.625. The zero-order valence-electron chi connectivity index (χ0n) is 17.5. The molecule has 0 atom stereocenters. The first-order valence-corrected chi connectivity index (χ1v) is 10.5. The van der Waals surface area contributed by atoms with Crippen molar-refractivity contribution < 1.29 is 4.74 Å². The van der Waals surface area contributed by atoms with Crippen molar-refractivity contribution in [1.29, 1.82) is 0 Å². The van der Waals surface area contributed by atoms with Gasteiger partial charge in [0.1, 0.15) is 11.3 Å². The Labute approximate surface area is 172 Å². The number of ether oxygens (including phenoxy) is 1. The molecule has 0 saturated carbocycles. The van der Waals surface area contributed by atoms with Crippen molar-refractivity contribution in [2.45, 2.75) is 40.0 Å². The summed E-state index contributed by atoms with van der Waals surface area (Å²) in [6.07, 6.45) is 3.11. The Morgan fingerprint density at radius 1 is 1.00 bits per heavy atom. The van der Waals surface area contributed by atoms with Gasteiger partial charge in [0.2, 0.25) is 0 Å². The van der Waals surface area contributed by atoms with Gasteiger partial charge in [0.15, 0.2) is 0 Å². The van der Waals surface area contributed by atoms with E-state index in [0.29, 0.717) is 6.61 Å². The fraction of sp³-hybridized carbons (Fsp3) is 0.320. The summed E-state index contributed by atoms with van der Waals surface area (Å²) in [6, 6.07) is 15.1. The highest BCUT2D eigenvalue weighted by molar-refractivity contribution is 6.01. The summed E-state index contributed by atoms with van der Waals surface area (Å²) in [5, 5.41) is 2.42. The van der Waals surface area contributed by atoms with Crippen LogP contribution in [0.2, 0.25) is 0 Å². The van der Waals surface area contributed by atoms with Gasteiger partial charge >= 0.3 is 0 Å². The number of aromatic nitrogens is 2. The van der Waals surface area contributed by atoms with Crippen molar-refractivity contribution in [3.05, 3.63) is 59.3 Å². The highest BCUT2D eigenvalue weighted by Gasteiger charge is 2.17. The summed E-state index contributed by atoms with van der Waals surface area (Å²) >= 11 is 0. The number of nitrogens with one attached hydrogen (secondary N) is 1. The van der Waals surface area contributed by atoms with Gasteiger partial charge in [-0.15, -0.1) is 0 Å². The van der Waals surface area contributed by atoms with Gasteiger partial charge in [-0.1, -0.05) is 17.7 Å². The van der Waals surface area contributed by atoms with E-state index >= 15 is 0 Å². The van der Waals surface area contributed by atoms with Gasteiger partial charge in [0.05, 0.1) is 12.3 Å². The minimum atomic E-state index is 0.625. The summed E-state index contributed by atoms with van der Waals surface area (Å²) in [6.45, 7) is 7.53. The lowest BCUT2D eigenvalue weighted by molar-refractivity contribution is 0.343. The van der Waals surface area contributed by atoms with Crippen LogP contribution in [0.5, 0.6) is 5.75 Å². The van der Waals surface area contributed by atoms with Crippen LogP contribution in [0.4, 0.5) is 0 Å². The molecule has 0 saturated heterocycles. The Bertz CT molecular complexity index is 1160. The molecule has 3 N–H and O–H groups in total. The predicted octanol–water partition coefficient (Wildman–Crippen LogP) is 5.68. The van der Waals surface area contributed by atoms with Crippen molar-refractivity contribution in [1.82, 2.24) is 9.97 Å². The maximum atomic E-state index is 5.86. The van der Waals surface area contributed by atoms with E-state index in [4.69, 9.17) is 15.5 Å². The normalized spacial score (nSPS) is 11.4. The Kier molecular flexibility index (Phi) is 5.54. The van der Waals surface area contributed by atoms with Crippen LogP contribution in [0.1, 0.15) is 36.6 Å². The van der Waals surface area contributed by atoms with Crippen LogP contribution in [0.15, 0.2) is 42.5 Å². The van der Waals surface area contributed by atoms with E-state index < -0.39 is 0 Å². The summed E-state index contributed by atoms with van der Waals surface area (Å²) in [4.78, 5) is 8.49. The third kappa shape index (κ3) is 3.73. The predicted molar refractivity (Wildman–Crippen MR) is 122 cm³/mol. The number of aryl methyl sites for hydroxylation is 3. The highest BCUT2D eigenvalue weighted by atomic mass is 16.5. The summed E-state index contributed by atoms with van der Waals surface area (Å²) in [5.74, 6) is 0.839. The van der Waals surface area contributed by atoms with Gasteiger partial charge in [-0.25, -0.2) is 4.98 Å². The number of nitrogens with zero attached hydrogens (tertiary/aromatic N) is 1. The molecule has 0 fully saturated rings. The molecule has 4 nitrogen and oxygen atoms in total. The molecule has 0 aliphatic heterocycles. The van der Waals surface area contributed by atoms with Crippen LogP contribution < -0.4 is 10.5 Å². The van der Waals surface area contributed by atoms with E-state index in [2.05, 4.69) is 48.3 Å². The summed E-state index contributed by atoms with van der Waals surface area (Å²) < 4.78 is 5.86. The van der Waals surface area contributed by atoms with Crippen molar-refractivity contribution in [3.8, 4) is 17.0 Å². The van der Waals surface area contributed by atoms with E-state index in [9.17, 15) is 0 Å². The Morgan fingerprint density at radius 2 is 1.86 bits per heavy atom. The Morgan fingerprint density at radius 3 is 2.66 bits per heavy atom. The molecular formula is C25H29N3O. The Balaban J connectivity index is 1.95. The quantitative estimate of drug-likeness (QED) is 0.401. The average molecular weight is 388 g/mol. The summed E-state index contributed by atoms with van der Waals surface area (Å²) in [5.41, 5.74) is 13.8.